The molecule has 0 radical (unpaired) electrons. The molecule has 4 heteroatoms. The molecule has 1 fully saturated rings. The molecule has 0 unspecified atom stereocenters. The lowest BCUT2D eigenvalue weighted by Crippen LogP contribution is -2.39. The highest BCUT2D eigenvalue weighted by atomic mass is 16.5. The lowest BCUT2D eigenvalue weighted by atomic mass is 10.2. The molecule has 0 aromatic rings. The van der Waals surface area contributed by atoms with Crippen molar-refractivity contribution in [2.45, 2.75) is 18.9 Å². The van der Waals surface area contributed by atoms with Crippen LogP contribution in [0.3, 0.4) is 0 Å². The minimum Gasteiger partial charge on any atom is -0.358 e. The Kier molecular flexibility index (Phi) is 2.24. The van der Waals surface area contributed by atoms with Crippen molar-refractivity contribution in [1.82, 2.24) is 10.4 Å². The van der Waals surface area contributed by atoms with E-state index in [2.05, 4.69) is 5.32 Å². The van der Waals surface area contributed by atoms with Crippen molar-refractivity contribution in [2.75, 3.05) is 13.6 Å². The molecule has 1 heterocycles. The van der Waals surface area contributed by atoms with E-state index in [0.29, 0.717) is 6.54 Å². The van der Waals surface area contributed by atoms with E-state index in [4.69, 9.17) is 5.21 Å². The van der Waals surface area contributed by atoms with Crippen LogP contribution in [0.15, 0.2) is 0 Å². The number of amides is 1. The Balaban J connectivity index is 2.46. The molecule has 1 rings (SSSR count). The van der Waals surface area contributed by atoms with E-state index < -0.39 is 0 Å². The Labute approximate surface area is 59.8 Å². The number of hydroxylamine groups is 2. The molecule has 2 N–H and O–H groups in total. The average Bonchev–Trinajstić information content (AvgIpc) is 2.34. The number of hydrogen-bond donors (Lipinski definition) is 2. The van der Waals surface area contributed by atoms with Crippen molar-refractivity contribution < 1.29 is 10.0 Å². The monoisotopic (exact) mass is 144 g/mol. The second-order valence-electron chi connectivity index (χ2n) is 2.44. The lowest BCUT2D eigenvalue weighted by Gasteiger charge is -2.14. The summed E-state index contributed by atoms with van der Waals surface area (Å²) in [6, 6.07) is -0.315. The Bertz CT molecular complexity index is 138. The number of carbonyl (C=O) groups excluding carboxylic acids is 1. The van der Waals surface area contributed by atoms with E-state index in [1.165, 1.54) is 0 Å². The molecule has 0 aromatic carbocycles. The third-order valence-corrected chi connectivity index (χ3v) is 1.77. The van der Waals surface area contributed by atoms with Gasteiger partial charge in [0.2, 0.25) is 5.91 Å². The van der Waals surface area contributed by atoms with Gasteiger partial charge in [-0.25, -0.2) is 0 Å². The number of carbonyl (C=O) groups is 1. The molecule has 1 aliphatic rings. The number of nitrogens with zero attached hydrogens (tertiary/aromatic N) is 1. The van der Waals surface area contributed by atoms with Crippen LogP contribution in [0.25, 0.3) is 0 Å². The SMILES string of the molecule is CNC(=O)[C@@H]1CCCN1O. The largest absolute Gasteiger partial charge is 0.358 e. The molecule has 1 saturated heterocycles. The first-order chi connectivity index (χ1) is 4.75. The van der Waals surface area contributed by atoms with Crippen LogP contribution in [-0.4, -0.2) is 35.8 Å². The maximum atomic E-state index is 10.9. The number of rotatable bonds is 1. The molecule has 1 aliphatic heterocycles. The Hall–Kier alpha value is -0.610. The summed E-state index contributed by atoms with van der Waals surface area (Å²) < 4.78 is 0. The fourth-order valence-electron chi connectivity index (χ4n) is 1.18. The van der Waals surface area contributed by atoms with Gasteiger partial charge >= 0.3 is 0 Å². The van der Waals surface area contributed by atoms with E-state index in [1.807, 2.05) is 0 Å². The highest BCUT2D eigenvalue weighted by molar-refractivity contribution is 5.81. The Morgan fingerprint density at radius 3 is 2.90 bits per heavy atom. The molecule has 1 atom stereocenters. The van der Waals surface area contributed by atoms with Crippen LogP contribution >= 0.6 is 0 Å². The summed E-state index contributed by atoms with van der Waals surface area (Å²) in [4.78, 5) is 10.9. The third-order valence-electron chi connectivity index (χ3n) is 1.77. The van der Waals surface area contributed by atoms with Gasteiger partial charge in [0.15, 0.2) is 0 Å². The zero-order valence-corrected chi connectivity index (χ0v) is 6.00. The highest BCUT2D eigenvalue weighted by Crippen LogP contribution is 2.13. The number of likely N-dealkylation sites (N-methyl/N-ethyl adjacent to an activating group) is 1. The number of hydrogen-bond acceptors (Lipinski definition) is 3. The highest BCUT2D eigenvalue weighted by Gasteiger charge is 2.28. The van der Waals surface area contributed by atoms with E-state index >= 15 is 0 Å². The zero-order chi connectivity index (χ0) is 7.56. The first-order valence-corrected chi connectivity index (χ1v) is 3.43. The molecular weight excluding hydrogens is 132 g/mol. The summed E-state index contributed by atoms with van der Waals surface area (Å²) in [6.45, 7) is 0.609. The second-order valence-corrected chi connectivity index (χ2v) is 2.44. The molecule has 10 heavy (non-hydrogen) atoms. The van der Waals surface area contributed by atoms with Gasteiger partial charge in [0.25, 0.3) is 0 Å². The maximum absolute atomic E-state index is 10.9. The van der Waals surface area contributed by atoms with Crippen molar-refractivity contribution in [1.29, 1.82) is 0 Å². The van der Waals surface area contributed by atoms with Crippen molar-refractivity contribution in [3.05, 3.63) is 0 Å². The van der Waals surface area contributed by atoms with Crippen LogP contribution in [-0.2, 0) is 4.79 Å². The smallest absolute Gasteiger partial charge is 0.239 e. The van der Waals surface area contributed by atoms with Crippen LogP contribution in [0.5, 0.6) is 0 Å². The molecule has 4 nitrogen and oxygen atoms in total. The summed E-state index contributed by atoms with van der Waals surface area (Å²) in [7, 11) is 1.58. The molecule has 0 saturated carbocycles. The quantitative estimate of drug-likeness (QED) is 0.526. The van der Waals surface area contributed by atoms with Gasteiger partial charge in [0.05, 0.1) is 0 Å². The summed E-state index contributed by atoms with van der Waals surface area (Å²) in [5.41, 5.74) is 0. The Morgan fingerprint density at radius 1 is 1.80 bits per heavy atom. The van der Waals surface area contributed by atoms with Crippen molar-refractivity contribution in [3.63, 3.8) is 0 Å². The van der Waals surface area contributed by atoms with E-state index in [9.17, 15) is 4.79 Å². The Morgan fingerprint density at radius 2 is 2.50 bits per heavy atom. The van der Waals surface area contributed by atoms with Gasteiger partial charge in [0.1, 0.15) is 6.04 Å². The molecule has 0 aliphatic carbocycles. The molecule has 1 amide bonds. The minimum absolute atomic E-state index is 0.0972. The van der Waals surface area contributed by atoms with Gasteiger partial charge in [-0.15, -0.1) is 0 Å². The van der Waals surface area contributed by atoms with Gasteiger partial charge in [0, 0.05) is 13.6 Å². The van der Waals surface area contributed by atoms with Gasteiger partial charge in [-0.05, 0) is 12.8 Å². The summed E-state index contributed by atoms with van der Waals surface area (Å²) in [5.74, 6) is -0.0972. The fraction of sp³-hybridized carbons (Fsp3) is 0.833. The summed E-state index contributed by atoms with van der Waals surface area (Å²) in [5, 5.41) is 12.7. The van der Waals surface area contributed by atoms with Crippen LogP contribution in [0.2, 0.25) is 0 Å². The second kappa shape index (κ2) is 2.98. The van der Waals surface area contributed by atoms with E-state index in [-0.39, 0.29) is 11.9 Å². The van der Waals surface area contributed by atoms with Gasteiger partial charge < -0.3 is 10.5 Å². The predicted molar refractivity (Wildman–Crippen MR) is 35.6 cm³/mol. The van der Waals surface area contributed by atoms with Gasteiger partial charge in [-0.1, -0.05) is 0 Å². The van der Waals surface area contributed by atoms with Crippen molar-refractivity contribution in [3.8, 4) is 0 Å². The summed E-state index contributed by atoms with van der Waals surface area (Å²) in [6.07, 6.45) is 1.66. The summed E-state index contributed by atoms with van der Waals surface area (Å²) >= 11 is 0. The van der Waals surface area contributed by atoms with Gasteiger partial charge in [-0.2, -0.15) is 5.06 Å². The standard InChI is InChI=1S/C6H12N2O2/c1-7-6(9)5-3-2-4-8(5)10/h5,10H,2-4H2,1H3,(H,7,9)/t5-/m0/s1. The molecular formula is C6H12N2O2. The van der Waals surface area contributed by atoms with Crippen LogP contribution < -0.4 is 5.32 Å². The lowest BCUT2D eigenvalue weighted by molar-refractivity contribution is -0.144. The molecule has 0 bridgehead atoms. The first kappa shape index (κ1) is 7.50. The number of nitrogens with one attached hydrogen (secondary N) is 1. The molecule has 58 valence electrons. The normalized spacial score (nSPS) is 26.8. The molecule has 0 aromatic heterocycles. The minimum atomic E-state index is -0.315. The van der Waals surface area contributed by atoms with Gasteiger partial charge in [-0.3, -0.25) is 4.79 Å². The topological polar surface area (TPSA) is 52.6 Å². The predicted octanol–water partition coefficient (Wildman–Crippen LogP) is -0.414. The molecule has 0 spiro atoms. The van der Waals surface area contributed by atoms with Crippen LogP contribution in [0, 0.1) is 0 Å². The van der Waals surface area contributed by atoms with Crippen LogP contribution in [0.4, 0.5) is 0 Å². The van der Waals surface area contributed by atoms with E-state index in [1.54, 1.807) is 7.05 Å². The fourth-order valence-corrected chi connectivity index (χ4v) is 1.18. The van der Waals surface area contributed by atoms with Crippen molar-refractivity contribution >= 4 is 5.91 Å². The van der Waals surface area contributed by atoms with Crippen molar-refractivity contribution in [2.24, 2.45) is 0 Å². The third kappa shape index (κ3) is 1.27. The van der Waals surface area contributed by atoms with Crippen LogP contribution in [0.1, 0.15) is 12.8 Å². The van der Waals surface area contributed by atoms with E-state index in [0.717, 1.165) is 17.9 Å². The average molecular weight is 144 g/mol. The zero-order valence-electron chi connectivity index (χ0n) is 6.00. The first-order valence-electron chi connectivity index (χ1n) is 3.43. The maximum Gasteiger partial charge on any atom is 0.239 e.